The van der Waals surface area contributed by atoms with Crippen molar-refractivity contribution < 1.29 is 9.31 Å². The molecule has 0 aliphatic heterocycles. The fourth-order valence-corrected chi connectivity index (χ4v) is 1.41. The van der Waals surface area contributed by atoms with Gasteiger partial charge in [-0.2, -0.15) is 0 Å². The maximum atomic E-state index is 5.75. The largest absolute Gasteiger partial charge is 0.658 e. The molecule has 85 valence electrons. The van der Waals surface area contributed by atoms with Gasteiger partial charge in [0.2, 0.25) is 0 Å². The molecule has 0 saturated carbocycles. The van der Waals surface area contributed by atoms with Crippen LogP contribution in [0.4, 0.5) is 0 Å². The molecule has 2 aromatic rings. The zero-order valence-corrected chi connectivity index (χ0v) is 10.3. The molecule has 0 aromatic heterocycles. The highest BCUT2D eigenvalue weighted by molar-refractivity contribution is 6.31. The minimum atomic E-state index is 0.656. The molecule has 1 radical (unpaired) electrons. The molecule has 0 saturated heterocycles. The molecular weight excluding hydrogens is 258 g/mol. The van der Waals surface area contributed by atoms with Crippen LogP contribution in [0.25, 0.3) is 0 Å². The number of hydrogen-bond donors (Lipinski definition) is 0. The second-order valence-corrected chi connectivity index (χ2v) is 4.11. The summed E-state index contributed by atoms with van der Waals surface area (Å²) in [5, 5.41) is 1.33. The molecule has 2 rings (SSSR count). The number of rotatable bonds is 4. The minimum Gasteiger partial charge on any atom is -0.526 e. The van der Waals surface area contributed by atoms with Gasteiger partial charge in [-0.3, -0.25) is 0 Å². The fourth-order valence-electron chi connectivity index (χ4n) is 1.16. The highest BCUT2D eigenvalue weighted by Gasteiger charge is 2.01. The molecule has 0 aliphatic rings. The van der Waals surface area contributed by atoms with Crippen LogP contribution in [0.3, 0.4) is 0 Å². The van der Waals surface area contributed by atoms with Gasteiger partial charge in [0.05, 0.1) is 0 Å². The topological polar surface area (TPSA) is 18.5 Å². The van der Waals surface area contributed by atoms with Gasteiger partial charge >= 0.3 is 7.69 Å². The normalized spacial score (nSPS) is 9.76. The van der Waals surface area contributed by atoms with E-state index in [4.69, 9.17) is 32.5 Å². The SMILES string of the molecule is Clc1ccc(O[B]Oc2ccc(Cl)cc2)cc1. The lowest BCUT2D eigenvalue weighted by Gasteiger charge is -2.06. The minimum absolute atomic E-state index is 0.656. The second-order valence-electron chi connectivity index (χ2n) is 3.24. The maximum absolute atomic E-state index is 5.75. The Bertz CT molecular complexity index is 425. The summed E-state index contributed by atoms with van der Waals surface area (Å²) in [7, 11) is 1.26. The summed E-state index contributed by atoms with van der Waals surface area (Å²) >= 11 is 11.5. The molecule has 0 amide bonds. The molecule has 0 fully saturated rings. The highest BCUT2D eigenvalue weighted by atomic mass is 35.5. The average molecular weight is 266 g/mol. The fraction of sp³-hybridized carbons (Fsp3) is 0. The van der Waals surface area contributed by atoms with Crippen molar-refractivity contribution in [3.05, 3.63) is 58.6 Å². The molecule has 0 unspecified atom stereocenters. The van der Waals surface area contributed by atoms with E-state index in [0.29, 0.717) is 21.5 Å². The first-order valence-corrected chi connectivity index (χ1v) is 5.66. The first-order chi connectivity index (χ1) is 8.24. The lowest BCUT2D eigenvalue weighted by Crippen LogP contribution is -2.10. The van der Waals surface area contributed by atoms with Crippen LogP contribution >= 0.6 is 23.2 Å². The first-order valence-electron chi connectivity index (χ1n) is 4.90. The third kappa shape index (κ3) is 3.88. The van der Waals surface area contributed by atoms with E-state index in [9.17, 15) is 0 Å². The molecule has 5 heteroatoms. The van der Waals surface area contributed by atoms with E-state index in [1.165, 1.54) is 7.69 Å². The summed E-state index contributed by atoms with van der Waals surface area (Å²) in [6, 6.07) is 14.0. The van der Waals surface area contributed by atoms with Gasteiger partial charge < -0.3 is 9.31 Å². The molecule has 2 nitrogen and oxygen atoms in total. The Morgan fingerprint density at radius 2 is 1.00 bits per heavy atom. The van der Waals surface area contributed by atoms with E-state index in [1.807, 2.05) is 0 Å². The molecule has 17 heavy (non-hydrogen) atoms. The molecule has 0 bridgehead atoms. The average Bonchev–Trinajstić information content (AvgIpc) is 2.34. The van der Waals surface area contributed by atoms with Crippen molar-refractivity contribution in [2.75, 3.05) is 0 Å². The van der Waals surface area contributed by atoms with Crippen LogP contribution < -0.4 is 9.31 Å². The Kier molecular flexibility index (Phi) is 4.18. The van der Waals surface area contributed by atoms with Crippen molar-refractivity contribution in [1.82, 2.24) is 0 Å². The lowest BCUT2D eigenvalue weighted by molar-refractivity contribution is 0.459. The van der Waals surface area contributed by atoms with Crippen LogP contribution in [0.15, 0.2) is 48.5 Å². The van der Waals surface area contributed by atoms with Crippen molar-refractivity contribution in [3.63, 3.8) is 0 Å². The first kappa shape index (κ1) is 12.2. The Morgan fingerprint density at radius 3 is 1.35 bits per heavy atom. The zero-order chi connectivity index (χ0) is 12.1. The van der Waals surface area contributed by atoms with Crippen LogP contribution in [0.1, 0.15) is 0 Å². The Balaban J connectivity index is 1.83. The summed E-state index contributed by atoms with van der Waals surface area (Å²) in [6.45, 7) is 0. The third-order valence-corrected chi connectivity index (χ3v) is 2.50. The van der Waals surface area contributed by atoms with Gasteiger partial charge in [0.1, 0.15) is 11.5 Å². The van der Waals surface area contributed by atoms with Gasteiger partial charge in [0.25, 0.3) is 0 Å². The van der Waals surface area contributed by atoms with Gasteiger partial charge in [-0.25, -0.2) is 0 Å². The predicted octanol–water partition coefficient (Wildman–Crippen LogP) is 3.99. The predicted molar refractivity (Wildman–Crippen MR) is 69.9 cm³/mol. The molecule has 0 atom stereocenters. The zero-order valence-electron chi connectivity index (χ0n) is 8.77. The standard InChI is InChI=1S/C12H8BCl2O2/c14-9-1-5-11(6-2-9)16-13-17-12-7-3-10(15)4-8-12/h1-8H. The lowest BCUT2D eigenvalue weighted by atomic mass is 10.3. The molecule has 0 aliphatic carbocycles. The van der Waals surface area contributed by atoms with Crippen molar-refractivity contribution in [3.8, 4) is 11.5 Å². The van der Waals surface area contributed by atoms with Gasteiger partial charge in [-0.15, -0.1) is 0 Å². The monoisotopic (exact) mass is 265 g/mol. The van der Waals surface area contributed by atoms with Gasteiger partial charge in [0.15, 0.2) is 0 Å². The van der Waals surface area contributed by atoms with Crippen molar-refractivity contribution in [2.24, 2.45) is 0 Å². The summed E-state index contributed by atoms with van der Waals surface area (Å²) in [5.74, 6) is 1.31. The quantitative estimate of drug-likeness (QED) is 0.779. The summed E-state index contributed by atoms with van der Waals surface area (Å²) in [6.07, 6.45) is 0. The van der Waals surface area contributed by atoms with E-state index in [0.717, 1.165) is 0 Å². The van der Waals surface area contributed by atoms with Crippen molar-refractivity contribution >= 4 is 30.9 Å². The van der Waals surface area contributed by atoms with Crippen LogP contribution in [0.5, 0.6) is 11.5 Å². The smallest absolute Gasteiger partial charge is 0.526 e. The van der Waals surface area contributed by atoms with Crippen LogP contribution in [0, 0.1) is 0 Å². The van der Waals surface area contributed by atoms with Gasteiger partial charge in [-0.05, 0) is 48.5 Å². The Hall–Kier alpha value is -1.32. The number of hydrogen-bond acceptors (Lipinski definition) is 2. The Labute approximate surface area is 110 Å². The van der Waals surface area contributed by atoms with E-state index in [-0.39, 0.29) is 0 Å². The van der Waals surface area contributed by atoms with Crippen LogP contribution in [-0.2, 0) is 0 Å². The van der Waals surface area contributed by atoms with Gasteiger partial charge in [-0.1, -0.05) is 23.2 Å². The van der Waals surface area contributed by atoms with Gasteiger partial charge in [0, 0.05) is 10.0 Å². The molecule has 2 aromatic carbocycles. The van der Waals surface area contributed by atoms with Crippen molar-refractivity contribution in [1.29, 1.82) is 0 Å². The summed E-state index contributed by atoms with van der Waals surface area (Å²) in [4.78, 5) is 0. The second kappa shape index (κ2) is 5.85. The van der Waals surface area contributed by atoms with E-state index in [2.05, 4.69) is 0 Å². The highest BCUT2D eigenvalue weighted by Crippen LogP contribution is 2.17. The van der Waals surface area contributed by atoms with E-state index in [1.54, 1.807) is 48.5 Å². The third-order valence-electron chi connectivity index (χ3n) is 2.00. The summed E-state index contributed by atoms with van der Waals surface area (Å²) in [5.41, 5.74) is 0. The number of halogens is 2. The van der Waals surface area contributed by atoms with E-state index >= 15 is 0 Å². The van der Waals surface area contributed by atoms with Crippen LogP contribution in [-0.4, -0.2) is 7.69 Å². The summed E-state index contributed by atoms with van der Waals surface area (Å²) < 4.78 is 10.5. The van der Waals surface area contributed by atoms with Crippen LogP contribution in [0.2, 0.25) is 10.0 Å². The Morgan fingerprint density at radius 1 is 0.647 bits per heavy atom. The molecule has 0 spiro atoms. The van der Waals surface area contributed by atoms with Crippen molar-refractivity contribution in [2.45, 2.75) is 0 Å². The molecule has 0 heterocycles. The molecular formula is C12H8BCl2O2. The van der Waals surface area contributed by atoms with E-state index < -0.39 is 0 Å². The molecule has 0 N–H and O–H groups in total. The maximum Gasteiger partial charge on any atom is 0.658 e. The number of benzene rings is 2.